The van der Waals surface area contributed by atoms with Gasteiger partial charge in [-0.2, -0.15) is 0 Å². The quantitative estimate of drug-likeness (QED) is 0.128. The molecule has 6 rings (SSSR count). The van der Waals surface area contributed by atoms with E-state index in [0.29, 0.717) is 11.1 Å². The van der Waals surface area contributed by atoms with Crippen LogP contribution in [-0.4, -0.2) is 29.0 Å². The fourth-order valence-electron chi connectivity index (χ4n) is 4.79. The molecule has 4 aromatic carbocycles. The third kappa shape index (κ3) is 9.55. The number of ether oxygens (including phenoxy) is 4. The van der Waals surface area contributed by atoms with Crippen molar-refractivity contribution >= 4 is 22.8 Å². The van der Waals surface area contributed by atoms with Gasteiger partial charge in [0.2, 0.25) is 0 Å². The van der Waals surface area contributed by atoms with E-state index in [-0.39, 0.29) is 40.4 Å². The summed E-state index contributed by atoms with van der Waals surface area (Å²) in [5.41, 5.74) is -0.245. The number of alkyl halides is 6. The number of aromatic carboxylic acids is 1. The minimum atomic E-state index is -4.82. The van der Waals surface area contributed by atoms with E-state index in [2.05, 4.69) is 9.47 Å². The largest absolute Gasteiger partial charge is 0.573 e. The minimum Gasteiger partial charge on any atom is -0.477 e. The van der Waals surface area contributed by atoms with E-state index in [1.165, 1.54) is 48.5 Å². The second kappa shape index (κ2) is 14.4. The molecule has 0 heterocycles. The smallest absolute Gasteiger partial charge is 0.477 e. The fraction of sp³-hybridized carbons (Fsp3) is 0.235. The van der Waals surface area contributed by atoms with Crippen molar-refractivity contribution < 1.29 is 68.8 Å². The molecular formula is C34H23ClF8O7. The summed E-state index contributed by atoms with van der Waals surface area (Å²) in [5.74, 6) is -4.01. The molecule has 0 radical (unpaired) electrons. The molecule has 50 heavy (non-hydrogen) atoms. The van der Waals surface area contributed by atoms with Gasteiger partial charge in [-0.15, -0.1) is 26.3 Å². The van der Waals surface area contributed by atoms with Gasteiger partial charge in [0.15, 0.2) is 0 Å². The molecule has 0 amide bonds. The number of benzene rings is 4. The predicted octanol–water partition coefficient (Wildman–Crippen LogP) is 10.9. The lowest BCUT2D eigenvalue weighted by atomic mass is 10.0. The molecule has 0 bridgehead atoms. The molecule has 0 spiro atoms. The van der Waals surface area contributed by atoms with Crippen LogP contribution < -0.4 is 18.9 Å². The summed E-state index contributed by atoms with van der Waals surface area (Å²) in [6.07, 6.45) is -6.34. The Labute approximate surface area is 282 Å². The van der Waals surface area contributed by atoms with Crippen LogP contribution in [0.5, 0.6) is 34.5 Å². The third-order valence-corrected chi connectivity index (χ3v) is 7.47. The van der Waals surface area contributed by atoms with Crippen LogP contribution >= 0.6 is 11.6 Å². The van der Waals surface area contributed by atoms with Gasteiger partial charge in [0.1, 0.15) is 57.3 Å². The van der Waals surface area contributed by atoms with Gasteiger partial charge in [0.05, 0.1) is 0 Å². The van der Waals surface area contributed by atoms with Gasteiger partial charge in [-0.1, -0.05) is 12.1 Å². The molecule has 7 nitrogen and oxygen atoms in total. The number of rotatable bonds is 10. The Hall–Kier alpha value is -5.05. The summed E-state index contributed by atoms with van der Waals surface area (Å²) in [7, 11) is 0. The Morgan fingerprint density at radius 2 is 0.920 bits per heavy atom. The van der Waals surface area contributed by atoms with Crippen LogP contribution in [0.25, 0.3) is 0 Å². The molecule has 0 aromatic heterocycles. The highest BCUT2D eigenvalue weighted by atomic mass is 35.5. The average Bonchev–Trinajstić information content (AvgIpc) is 3.93. The van der Waals surface area contributed by atoms with E-state index in [9.17, 15) is 49.8 Å². The highest BCUT2D eigenvalue weighted by Gasteiger charge is 2.33. The zero-order valence-corrected chi connectivity index (χ0v) is 26.0. The number of carboxylic acids is 1. The van der Waals surface area contributed by atoms with E-state index in [1.807, 2.05) is 0 Å². The van der Waals surface area contributed by atoms with Crippen LogP contribution in [0.3, 0.4) is 0 Å². The first kappa shape index (κ1) is 36.2. The summed E-state index contributed by atoms with van der Waals surface area (Å²) in [6.45, 7) is 0. The predicted molar refractivity (Wildman–Crippen MR) is 160 cm³/mol. The molecule has 2 saturated carbocycles. The van der Waals surface area contributed by atoms with Crippen LogP contribution in [0.1, 0.15) is 69.4 Å². The van der Waals surface area contributed by atoms with Crippen LogP contribution in [0.2, 0.25) is 0 Å². The lowest BCUT2D eigenvalue weighted by Crippen LogP contribution is -2.16. The summed E-state index contributed by atoms with van der Waals surface area (Å²) in [5, 5.41) is 8.25. The third-order valence-electron chi connectivity index (χ3n) is 7.28. The Balaban J connectivity index is 0.000000194. The number of halogens is 9. The van der Waals surface area contributed by atoms with Gasteiger partial charge in [0.25, 0.3) is 5.24 Å². The topological polar surface area (TPSA) is 91.3 Å². The number of carbonyl (C=O) groups excluding carboxylic acids is 1. The van der Waals surface area contributed by atoms with Crippen molar-refractivity contribution in [3.05, 3.63) is 107 Å². The van der Waals surface area contributed by atoms with Gasteiger partial charge in [-0.25, -0.2) is 13.6 Å². The van der Waals surface area contributed by atoms with Crippen molar-refractivity contribution in [1.82, 2.24) is 0 Å². The first-order valence-corrected chi connectivity index (χ1v) is 15.0. The molecule has 0 saturated heterocycles. The van der Waals surface area contributed by atoms with E-state index >= 15 is 0 Å². The Kier molecular flexibility index (Phi) is 10.5. The SMILES string of the molecule is O=C(Cl)c1c(Oc2ccc(OC(F)(F)F)cc2)ccc(C2CC2)c1F.O=C(O)c1c(Oc2ccc(OC(F)(F)F)cc2)ccc(C2CC2)c1F. The number of hydrogen-bond donors (Lipinski definition) is 1. The van der Waals surface area contributed by atoms with Crippen molar-refractivity contribution in [1.29, 1.82) is 0 Å². The van der Waals surface area contributed by atoms with Crippen LogP contribution in [0.15, 0.2) is 72.8 Å². The van der Waals surface area contributed by atoms with Gasteiger partial charge in [-0.05, 0) is 121 Å². The second-order valence-electron chi connectivity index (χ2n) is 11.1. The first-order chi connectivity index (χ1) is 23.5. The lowest BCUT2D eigenvalue weighted by Gasteiger charge is -2.13. The maximum atomic E-state index is 14.5. The average molecular weight is 731 g/mol. The van der Waals surface area contributed by atoms with Crippen molar-refractivity contribution in [2.45, 2.75) is 50.2 Å². The summed E-state index contributed by atoms with van der Waals surface area (Å²) >= 11 is 5.47. The lowest BCUT2D eigenvalue weighted by molar-refractivity contribution is -0.275. The van der Waals surface area contributed by atoms with Crippen LogP contribution in [0, 0.1) is 11.6 Å². The Bertz CT molecular complexity index is 1730. The molecule has 264 valence electrons. The van der Waals surface area contributed by atoms with E-state index in [4.69, 9.17) is 21.1 Å². The molecule has 2 fully saturated rings. The second-order valence-corrected chi connectivity index (χ2v) is 11.4. The zero-order chi connectivity index (χ0) is 36.4. The zero-order valence-electron chi connectivity index (χ0n) is 25.2. The number of carbonyl (C=O) groups is 2. The van der Waals surface area contributed by atoms with E-state index in [0.717, 1.165) is 49.9 Å². The molecule has 0 aliphatic heterocycles. The van der Waals surface area contributed by atoms with Gasteiger partial charge >= 0.3 is 18.7 Å². The van der Waals surface area contributed by atoms with E-state index < -0.39 is 52.6 Å². The Morgan fingerprint density at radius 3 is 1.24 bits per heavy atom. The first-order valence-electron chi connectivity index (χ1n) is 14.6. The minimum absolute atomic E-state index is 0.0194. The highest BCUT2D eigenvalue weighted by molar-refractivity contribution is 6.68. The van der Waals surface area contributed by atoms with Gasteiger partial charge in [-0.3, -0.25) is 4.79 Å². The Morgan fingerprint density at radius 1 is 0.580 bits per heavy atom. The molecule has 0 unspecified atom stereocenters. The maximum Gasteiger partial charge on any atom is 0.573 e. The fourth-order valence-corrected chi connectivity index (χ4v) is 4.97. The highest BCUT2D eigenvalue weighted by Crippen LogP contribution is 2.45. The molecular weight excluding hydrogens is 708 g/mol. The van der Waals surface area contributed by atoms with Crippen molar-refractivity contribution in [2.24, 2.45) is 0 Å². The summed E-state index contributed by atoms with van der Waals surface area (Å²) < 4.78 is 120. The molecule has 2 aliphatic carbocycles. The molecule has 4 aromatic rings. The molecule has 0 atom stereocenters. The summed E-state index contributed by atoms with van der Waals surface area (Å²) in [4.78, 5) is 23.0. The number of hydrogen-bond acceptors (Lipinski definition) is 6. The van der Waals surface area contributed by atoms with Crippen LogP contribution in [0.4, 0.5) is 35.1 Å². The van der Waals surface area contributed by atoms with Gasteiger partial charge in [0, 0.05) is 0 Å². The van der Waals surface area contributed by atoms with Crippen molar-refractivity contribution in [2.75, 3.05) is 0 Å². The monoisotopic (exact) mass is 730 g/mol. The normalized spacial score (nSPS) is 14.3. The summed E-state index contributed by atoms with van der Waals surface area (Å²) in [6, 6.07) is 14.6. The molecule has 16 heteroatoms. The van der Waals surface area contributed by atoms with E-state index in [1.54, 1.807) is 0 Å². The van der Waals surface area contributed by atoms with Gasteiger partial charge < -0.3 is 24.1 Å². The van der Waals surface area contributed by atoms with Crippen molar-refractivity contribution in [3.63, 3.8) is 0 Å². The standard InChI is InChI=1S/C17H11ClF4O3.C17H12F4O4/c18-16(23)14-13(8-7-12(15(14)19)9-1-2-9)24-10-3-5-11(6-4-10)25-17(20,21)22;18-15-12(9-1-2-9)7-8-13(14(15)16(22)23)24-10-3-5-11(6-4-10)25-17(19,20)21/h3-9H,1-2H2;3-9H,1-2H2,(H,22,23). The number of carboxylic acid groups (broad SMARTS) is 1. The van der Waals surface area contributed by atoms with Crippen LogP contribution in [-0.2, 0) is 0 Å². The maximum absolute atomic E-state index is 14.5. The molecule has 1 N–H and O–H groups in total. The molecule has 2 aliphatic rings. The van der Waals surface area contributed by atoms with Crippen molar-refractivity contribution in [3.8, 4) is 34.5 Å².